The Balaban J connectivity index is 1.97. The number of nitrogens with one attached hydrogen (secondary N) is 1. The van der Waals surface area contributed by atoms with E-state index in [0.717, 1.165) is 6.54 Å². The molecule has 0 bridgehead atoms. The van der Waals surface area contributed by atoms with Crippen molar-refractivity contribution in [2.75, 3.05) is 26.7 Å². The Morgan fingerprint density at radius 2 is 1.76 bits per heavy atom. The van der Waals surface area contributed by atoms with E-state index in [-0.39, 0.29) is 0 Å². The third-order valence-electron chi connectivity index (χ3n) is 3.72. The second-order valence-corrected chi connectivity index (χ2v) is 5.11. The average Bonchev–Trinajstić information content (AvgIpc) is 2.38. The van der Waals surface area contributed by atoms with Crippen LogP contribution >= 0.6 is 0 Å². The smallest absolute Gasteiger partial charge is 0.0446 e. The highest BCUT2D eigenvalue weighted by Gasteiger charge is 2.16. The van der Waals surface area contributed by atoms with E-state index in [1.807, 2.05) is 0 Å². The molecule has 1 saturated heterocycles. The largest absolute Gasteiger partial charge is 0.312 e. The maximum Gasteiger partial charge on any atom is 0.0446 e. The molecule has 1 atom stereocenters. The average molecular weight is 232 g/mol. The number of piperidine rings is 1. The van der Waals surface area contributed by atoms with Crippen LogP contribution in [0.25, 0.3) is 0 Å². The van der Waals surface area contributed by atoms with Crippen LogP contribution in [-0.2, 0) is 0 Å². The van der Waals surface area contributed by atoms with Gasteiger partial charge in [0.05, 0.1) is 0 Å². The van der Waals surface area contributed by atoms with E-state index in [4.69, 9.17) is 0 Å². The first-order valence-electron chi connectivity index (χ1n) is 6.76. The van der Waals surface area contributed by atoms with Gasteiger partial charge in [-0.1, -0.05) is 36.2 Å². The number of hydrogen-bond donors (Lipinski definition) is 1. The van der Waals surface area contributed by atoms with Gasteiger partial charge < -0.3 is 10.2 Å². The zero-order valence-electron chi connectivity index (χ0n) is 11.1. The molecule has 1 heterocycles. The highest BCUT2D eigenvalue weighted by Crippen LogP contribution is 2.17. The summed E-state index contributed by atoms with van der Waals surface area (Å²) in [7, 11) is 2.06. The summed E-state index contributed by atoms with van der Waals surface area (Å²) in [5, 5.41) is 3.44. The lowest BCUT2D eigenvalue weighted by Crippen LogP contribution is -2.37. The summed E-state index contributed by atoms with van der Waals surface area (Å²) in [4.78, 5) is 2.59. The lowest BCUT2D eigenvalue weighted by atomic mass is 10.0. The van der Waals surface area contributed by atoms with Gasteiger partial charge in [-0.3, -0.25) is 0 Å². The van der Waals surface area contributed by atoms with Crippen LogP contribution in [-0.4, -0.2) is 31.6 Å². The molecule has 2 rings (SSSR count). The summed E-state index contributed by atoms with van der Waals surface area (Å²) in [6.45, 7) is 5.82. The molecule has 17 heavy (non-hydrogen) atoms. The predicted molar refractivity (Wildman–Crippen MR) is 73.3 cm³/mol. The Kier molecular flexibility index (Phi) is 4.57. The van der Waals surface area contributed by atoms with Crippen LogP contribution in [0.3, 0.4) is 0 Å². The van der Waals surface area contributed by atoms with Crippen LogP contribution in [0.5, 0.6) is 0 Å². The topological polar surface area (TPSA) is 15.3 Å². The fourth-order valence-corrected chi connectivity index (χ4v) is 2.56. The van der Waals surface area contributed by atoms with Gasteiger partial charge in [0, 0.05) is 12.6 Å². The number of likely N-dealkylation sites (N-methyl/N-ethyl adjacent to an activating group) is 1. The Labute approximate surface area is 105 Å². The fraction of sp³-hybridized carbons (Fsp3) is 0.600. The van der Waals surface area contributed by atoms with Crippen LogP contribution in [0.2, 0.25) is 0 Å². The minimum atomic E-state index is 0.466. The molecule has 0 saturated carbocycles. The quantitative estimate of drug-likeness (QED) is 0.858. The maximum absolute atomic E-state index is 3.44. The van der Waals surface area contributed by atoms with Crippen LogP contribution in [0.4, 0.5) is 0 Å². The van der Waals surface area contributed by atoms with Crippen molar-refractivity contribution < 1.29 is 0 Å². The Hall–Kier alpha value is -0.860. The van der Waals surface area contributed by atoms with Crippen LogP contribution in [0.1, 0.15) is 36.4 Å². The van der Waals surface area contributed by atoms with E-state index in [2.05, 4.69) is 48.5 Å². The molecule has 0 amide bonds. The maximum atomic E-state index is 3.44. The zero-order valence-corrected chi connectivity index (χ0v) is 11.1. The normalized spacial score (nSPS) is 19.2. The van der Waals surface area contributed by atoms with Crippen molar-refractivity contribution in [3.63, 3.8) is 0 Å². The molecule has 0 spiro atoms. The number of likely N-dealkylation sites (tertiary alicyclic amines) is 1. The number of nitrogens with zero attached hydrogens (tertiary/aromatic N) is 1. The molecule has 1 aromatic rings. The third-order valence-corrected chi connectivity index (χ3v) is 3.72. The first-order chi connectivity index (χ1) is 8.29. The monoisotopic (exact) mass is 232 g/mol. The van der Waals surface area contributed by atoms with E-state index in [0.29, 0.717) is 6.04 Å². The summed E-state index contributed by atoms with van der Waals surface area (Å²) in [6.07, 6.45) is 4.14. The van der Waals surface area contributed by atoms with E-state index in [9.17, 15) is 0 Å². The van der Waals surface area contributed by atoms with Gasteiger partial charge in [-0.05, 0) is 45.5 Å². The van der Waals surface area contributed by atoms with Crippen molar-refractivity contribution >= 4 is 0 Å². The molecule has 1 aliphatic rings. The molecule has 2 heteroatoms. The summed E-state index contributed by atoms with van der Waals surface area (Å²) >= 11 is 0. The molecule has 1 fully saturated rings. The summed E-state index contributed by atoms with van der Waals surface area (Å²) in [5.41, 5.74) is 2.74. The standard InChI is InChI=1S/C15H24N2/c1-13-6-8-14(9-7-13)15(16-2)12-17-10-4-3-5-11-17/h6-9,15-16H,3-5,10-12H2,1-2H3. The Morgan fingerprint density at radius 1 is 1.12 bits per heavy atom. The van der Waals surface area contributed by atoms with E-state index < -0.39 is 0 Å². The van der Waals surface area contributed by atoms with Crippen molar-refractivity contribution in [3.8, 4) is 0 Å². The minimum Gasteiger partial charge on any atom is -0.312 e. The highest BCUT2D eigenvalue weighted by atomic mass is 15.1. The van der Waals surface area contributed by atoms with Crippen molar-refractivity contribution in [2.24, 2.45) is 0 Å². The second-order valence-electron chi connectivity index (χ2n) is 5.11. The zero-order chi connectivity index (χ0) is 12.1. The minimum absolute atomic E-state index is 0.466. The molecule has 1 N–H and O–H groups in total. The molecule has 1 aliphatic heterocycles. The summed E-state index contributed by atoms with van der Waals surface area (Å²) in [6, 6.07) is 9.38. The second kappa shape index (κ2) is 6.18. The third kappa shape index (κ3) is 3.55. The molecular weight excluding hydrogens is 208 g/mol. The van der Waals surface area contributed by atoms with Gasteiger partial charge in [0.2, 0.25) is 0 Å². The number of benzene rings is 1. The lowest BCUT2D eigenvalue weighted by molar-refractivity contribution is 0.208. The molecule has 94 valence electrons. The van der Waals surface area contributed by atoms with E-state index in [1.54, 1.807) is 0 Å². The van der Waals surface area contributed by atoms with Gasteiger partial charge >= 0.3 is 0 Å². The molecule has 0 radical (unpaired) electrons. The first-order valence-corrected chi connectivity index (χ1v) is 6.76. The molecular formula is C15H24N2. The predicted octanol–water partition coefficient (Wildman–Crippen LogP) is 2.74. The fourth-order valence-electron chi connectivity index (χ4n) is 2.56. The van der Waals surface area contributed by atoms with Gasteiger partial charge in [-0.2, -0.15) is 0 Å². The number of aryl methyl sites for hydroxylation is 1. The van der Waals surface area contributed by atoms with Crippen LogP contribution in [0.15, 0.2) is 24.3 Å². The van der Waals surface area contributed by atoms with E-state index >= 15 is 0 Å². The van der Waals surface area contributed by atoms with Crippen molar-refractivity contribution in [3.05, 3.63) is 35.4 Å². The van der Waals surface area contributed by atoms with Gasteiger partial charge in [-0.25, -0.2) is 0 Å². The van der Waals surface area contributed by atoms with Crippen molar-refractivity contribution in [1.82, 2.24) is 10.2 Å². The molecule has 1 aromatic carbocycles. The number of hydrogen-bond acceptors (Lipinski definition) is 2. The van der Waals surface area contributed by atoms with Gasteiger partial charge in [0.15, 0.2) is 0 Å². The van der Waals surface area contributed by atoms with E-state index in [1.165, 1.54) is 43.5 Å². The van der Waals surface area contributed by atoms with Gasteiger partial charge in [0.25, 0.3) is 0 Å². The molecule has 2 nitrogen and oxygen atoms in total. The van der Waals surface area contributed by atoms with Crippen LogP contribution in [0, 0.1) is 6.92 Å². The molecule has 1 unspecified atom stereocenters. The van der Waals surface area contributed by atoms with Crippen molar-refractivity contribution in [1.29, 1.82) is 0 Å². The van der Waals surface area contributed by atoms with Crippen LogP contribution < -0.4 is 5.32 Å². The summed E-state index contributed by atoms with van der Waals surface area (Å²) < 4.78 is 0. The Morgan fingerprint density at radius 3 is 2.35 bits per heavy atom. The summed E-state index contributed by atoms with van der Waals surface area (Å²) in [5.74, 6) is 0. The Bertz CT molecular complexity index is 325. The van der Waals surface area contributed by atoms with Gasteiger partial charge in [-0.15, -0.1) is 0 Å². The highest BCUT2D eigenvalue weighted by molar-refractivity contribution is 5.24. The van der Waals surface area contributed by atoms with Crippen molar-refractivity contribution in [2.45, 2.75) is 32.2 Å². The molecule has 0 aromatic heterocycles. The SMILES string of the molecule is CNC(CN1CCCCC1)c1ccc(C)cc1. The number of rotatable bonds is 4. The first kappa shape index (κ1) is 12.6. The molecule has 0 aliphatic carbocycles. The van der Waals surface area contributed by atoms with Gasteiger partial charge in [0.1, 0.15) is 0 Å². The lowest BCUT2D eigenvalue weighted by Gasteiger charge is -2.30.